The second-order valence-corrected chi connectivity index (χ2v) is 6.17. The minimum atomic E-state index is -4.47. The van der Waals surface area contributed by atoms with Crippen LogP contribution in [0.1, 0.15) is 40.2 Å². The van der Waals surface area contributed by atoms with Crippen LogP contribution in [0.4, 0.5) is 13.2 Å². The minimum absolute atomic E-state index is 0.143. The molecule has 1 amide bonds. The number of carbonyl (C=O) groups is 1. The summed E-state index contributed by atoms with van der Waals surface area (Å²) in [5.41, 5.74) is -1.50. The highest BCUT2D eigenvalue weighted by atomic mass is 19.4. The van der Waals surface area contributed by atoms with E-state index in [0.29, 0.717) is 5.69 Å². The van der Waals surface area contributed by atoms with E-state index in [1.807, 2.05) is 0 Å². The van der Waals surface area contributed by atoms with Gasteiger partial charge in [-0.2, -0.15) is 13.2 Å². The predicted octanol–water partition coefficient (Wildman–Crippen LogP) is 3.13. The van der Waals surface area contributed by atoms with Gasteiger partial charge in [-0.15, -0.1) is 0 Å². The lowest BCUT2D eigenvalue weighted by atomic mass is 9.83. The Morgan fingerprint density at radius 1 is 1.32 bits per heavy atom. The fourth-order valence-electron chi connectivity index (χ4n) is 3.00. The first-order chi connectivity index (χ1) is 11.7. The summed E-state index contributed by atoms with van der Waals surface area (Å²) in [6.07, 6.45) is -2.99. The quantitative estimate of drug-likeness (QED) is 0.900. The summed E-state index contributed by atoms with van der Waals surface area (Å²) in [4.78, 5) is 17.8. The fraction of sp³-hybridized carbons (Fsp3) is 0.412. The molecule has 3 rings (SSSR count). The number of hydrogen-bond acceptors (Lipinski definition) is 4. The Bertz CT molecular complexity index is 777. The van der Waals surface area contributed by atoms with Crippen LogP contribution < -0.4 is 0 Å². The number of aliphatic hydroxyl groups is 1. The van der Waals surface area contributed by atoms with E-state index in [4.69, 9.17) is 4.42 Å². The van der Waals surface area contributed by atoms with Gasteiger partial charge in [0.25, 0.3) is 5.91 Å². The largest absolute Gasteiger partial charge is 0.438 e. The van der Waals surface area contributed by atoms with Crippen LogP contribution in [0.25, 0.3) is 0 Å². The lowest BCUT2D eigenvalue weighted by molar-refractivity contribution is -0.137. The summed E-state index contributed by atoms with van der Waals surface area (Å²) >= 11 is 0. The normalized spacial score (nSPS) is 17.6. The third-order valence-electron chi connectivity index (χ3n) is 4.54. The molecule has 1 aromatic heterocycles. The first-order valence-corrected chi connectivity index (χ1v) is 7.80. The average Bonchev–Trinajstić information content (AvgIpc) is 3.00. The Morgan fingerprint density at radius 2 is 2.00 bits per heavy atom. The van der Waals surface area contributed by atoms with Gasteiger partial charge in [0.15, 0.2) is 6.39 Å². The highest BCUT2D eigenvalue weighted by Gasteiger charge is 2.38. The molecule has 0 aliphatic carbocycles. The zero-order valence-electron chi connectivity index (χ0n) is 13.5. The van der Waals surface area contributed by atoms with E-state index in [-0.39, 0.29) is 43.2 Å². The molecule has 0 bridgehead atoms. The Hall–Kier alpha value is -2.35. The Labute approximate surface area is 142 Å². The number of oxazole rings is 1. The molecule has 2 aromatic rings. The maximum absolute atomic E-state index is 12.9. The topological polar surface area (TPSA) is 66.6 Å². The summed E-state index contributed by atoms with van der Waals surface area (Å²) in [7, 11) is 0. The molecule has 1 aliphatic rings. The van der Waals surface area contributed by atoms with Crippen LogP contribution in [0, 0.1) is 6.92 Å². The van der Waals surface area contributed by atoms with Crippen molar-refractivity contribution in [3.05, 3.63) is 53.2 Å². The number of piperidine rings is 1. The molecule has 0 unspecified atom stereocenters. The number of hydrogen-bond donors (Lipinski definition) is 1. The lowest BCUT2D eigenvalue weighted by Gasteiger charge is -2.38. The van der Waals surface area contributed by atoms with Crippen LogP contribution in [0.2, 0.25) is 0 Å². The van der Waals surface area contributed by atoms with Gasteiger partial charge >= 0.3 is 6.18 Å². The van der Waals surface area contributed by atoms with E-state index in [1.165, 1.54) is 23.4 Å². The molecule has 0 saturated carbocycles. The van der Waals surface area contributed by atoms with Gasteiger partial charge in [0.1, 0.15) is 0 Å². The van der Waals surface area contributed by atoms with Gasteiger partial charge in [-0.3, -0.25) is 4.79 Å². The number of nitrogens with zero attached hydrogens (tertiary/aromatic N) is 2. The summed E-state index contributed by atoms with van der Waals surface area (Å²) < 4.78 is 43.7. The number of rotatable bonds is 2. The Balaban J connectivity index is 1.75. The van der Waals surface area contributed by atoms with Crippen molar-refractivity contribution >= 4 is 5.91 Å². The van der Waals surface area contributed by atoms with Gasteiger partial charge in [0, 0.05) is 13.1 Å². The number of halogens is 3. The van der Waals surface area contributed by atoms with Crippen LogP contribution in [-0.2, 0) is 11.8 Å². The molecule has 0 radical (unpaired) electrons. The van der Waals surface area contributed by atoms with Crippen LogP contribution >= 0.6 is 0 Å². The summed E-state index contributed by atoms with van der Waals surface area (Å²) in [5, 5.41) is 10.8. The molecule has 5 nitrogen and oxygen atoms in total. The monoisotopic (exact) mass is 354 g/mol. The molecule has 1 N–H and O–H groups in total. The van der Waals surface area contributed by atoms with Crippen molar-refractivity contribution < 1.29 is 27.5 Å². The lowest BCUT2D eigenvalue weighted by Crippen LogP contribution is -2.45. The van der Waals surface area contributed by atoms with E-state index >= 15 is 0 Å². The van der Waals surface area contributed by atoms with Crippen molar-refractivity contribution in [3.8, 4) is 0 Å². The molecule has 0 atom stereocenters. The molecule has 8 heteroatoms. The number of likely N-dealkylation sites (tertiary alicyclic amines) is 1. The Morgan fingerprint density at radius 3 is 2.56 bits per heavy atom. The molecule has 2 heterocycles. The maximum atomic E-state index is 12.9. The van der Waals surface area contributed by atoms with Crippen molar-refractivity contribution in [2.24, 2.45) is 0 Å². The van der Waals surface area contributed by atoms with Gasteiger partial charge in [-0.1, -0.05) is 12.1 Å². The average molecular weight is 354 g/mol. The van der Waals surface area contributed by atoms with Crippen molar-refractivity contribution in [3.63, 3.8) is 0 Å². The number of benzene rings is 1. The van der Waals surface area contributed by atoms with Crippen molar-refractivity contribution in [2.45, 2.75) is 31.5 Å². The van der Waals surface area contributed by atoms with Crippen LogP contribution in [-0.4, -0.2) is 34.0 Å². The summed E-state index contributed by atoms with van der Waals surface area (Å²) in [6.45, 7) is 2.08. The molecule has 0 spiro atoms. The van der Waals surface area contributed by atoms with E-state index in [0.717, 1.165) is 12.1 Å². The summed E-state index contributed by atoms with van der Waals surface area (Å²) in [6, 6.07) is 4.70. The highest BCUT2D eigenvalue weighted by Crippen LogP contribution is 2.37. The number of aryl methyl sites for hydroxylation is 1. The number of alkyl halides is 3. The van der Waals surface area contributed by atoms with Gasteiger partial charge in [-0.25, -0.2) is 4.98 Å². The summed E-state index contributed by atoms with van der Waals surface area (Å²) in [5.74, 6) is -0.189. The second kappa shape index (κ2) is 6.18. The smallest absolute Gasteiger partial charge is 0.416 e. The SMILES string of the molecule is Cc1ncoc1C(=O)N1CCC(O)(c2cccc(C(F)(F)F)c2)CC1. The van der Waals surface area contributed by atoms with Crippen molar-refractivity contribution in [1.82, 2.24) is 9.88 Å². The molecular formula is C17H17F3N2O3. The van der Waals surface area contributed by atoms with Crippen LogP contribution in [0.3, 0.4) is 0 Å². The van der Waals surface area contributed by atoms with Gasteiger partial charge in [0.2, 0.25) is 5.76 Å². The number of amides is 1. The minimum Gasteiger partial charge on any atom is -0.438 e. The molecule has 134 valence electrons. The second-order valence-electron chi connectivity index (χ2n) is 6.17. The third-order valence-corrected chi connectivity index (χ3v) is 4.54. The molecule has 1 fully saturated rings. The standard InChI is InChI=1S/C17H17F3N2O3/c1-11-14(25-10-21-11)15(23)22-7-5-16(24,6-8-22)12-3-2-4-13(9-12)17(18,19)20/h2-4,9-10,24H,5-8H2,1H3. The van der Waals surface area contributed by atoms with Gasteiger partial charge in [0.05, 0.1) is 16.9 Å². The van der Waals surface area contributed by atoms with Crippen LogP contribution in [0.15, 0.2) is 35.1 Å². The zero-order chi connectivity index (χ0) is 18.2. The molecule has 25 heavy (non-hydrogen) atoms. The predicted molar refractivity (Wildman–Crippen MR) is 81.7 cm³/mol. The Kier molecular flexibility index (Phi) is 4.32. The van der Waals surface area contributed by atoms with E-state index in [2.05, 4.69) is 4.98 Å². The van der Waals surface area contributed by atoms with Gasteiger partial charge in [-0.05, 0) is 37.5 Å². The number of carbonyl (C=O) groups excluding carboxylic acids is 1. The van der Waals surface area contributed by atoms with E-state index in [9.17, 15) is 23.1 Å². The van der Waals surface area contributed by atoms with Crippen LogP contribution in [0.5, 0.6) is 0 Å². The van der Waals surface area contributed by atoms with Crippen molar-refractivity contribution in [2.75, 3.05) is 13.1 Å². The maximum Gasteiger partial charge on any atom is 0.416 e. The molecule has 1 aliphatic heterocycles. The first-order valence-electron chi connectivity index (χ1n) is 7.80. The molecule has 1 aromatic carbocycles. The zero-order valence-corrected chi connectivity index (χ0v) is 13.5. The first kappa shape index (κ1) is 17.5. The van der Waals surface area contributed by atoms with Crippen molar-refractivity contribution in [1.29, 1.82) is 0 Å². The third kappa shape index (κ3) is 3.39. The molecular weight excluding hydrogens is 337 g/mol. The fourth-order valence-corrected chi connectivity index (χ4v) is 3.00. The highest BCUT2D eigenvalue weighted by molar-refractivity contribution is 5.92. The number of aromatic nitrogens is 1. The van der Waals surface area contributed by atoms with E-state index < -0.39 is 17.3 Å². The van der Waals surface area contributed by atoms with Gasteiger partial charge < -0.3 is 14.4 Å². The van der Waals surface area contributed by atoms with E-state index in [1.54, 1.807) is 6.92 Å². The molecule has 1 saturated heterocycles.